The molecule has 1 heterocycles. The second kappa shape index (κ2) is 5.36. The van der Waals surface area contributed by atoms with Gasteiger partial charge < -0.3 is 0 Å². The molecular weight excluding hydrogens is 204 g/mol. The third-order valence-electron chi connectivity index (χ3n) is 2.83. The Kier molecular flexibility index (Phi) is 3.84. The molecule has 0 unspecified atom stereocenters. The first-order valence-corrected chi connectivity index (χ1v) is 7.32. The standard InChI is InChI=1S/C13H17OS/c14-13(12-6-2-1-3-7-12)8-11-15-9-4-5-10-15/h1-3,6-7H,4-5,8-11H2/q+1. The molecule has 0 radical (unpaired) electrons. The normalized spacial score (nSPS) is 16.8. The van der Waals surface area contributed by atoms with Crippen molar-refractivity contribution in [1.29, 1.82) is 0 Å². The van der Waals surface area contributed by atoms with Crippen molar-refractivity contribution in [3.05, 3.63) is 35.9 Å². The van der Waals surface area contributed by atoms with Gasteiger partial charge in [0.2, 0.25) is 0 Å². The summed E-state index contributed by atoms with van der Waals surface area (Å²) >= 11 is 0. The molecule has 1 nitrogen and oxygen atoms in total. The molecule has 0 amide bonds. The summed E-state index contributed by atoms with van der Waals surface area (Å²) < 4.78 is 0. The maximum absolute atomic E-state index is 11.8. The fraction of sp³-hybridized carbons (Fsp3) is 0.462. The number of benzene rings is 1. The molecule has 0 saturated carbocycles. The lowest BCUT2D eigenvalue weighted by atomic mass is 10.1. The Hall–Kier alpha value is -0.760. The number of hydrogen-bond acceptors (Lipinski definition) is 1. The molecule has 2 heteroatoms. The number of hydrogen-bond donors (Lipinski definition) is 0. The second-order valence-corrected chi connectivity index (χ2v) is 6.42. The predicted octanol–water partition coefficient (Wildman–Crippen LogP) is 2.67. The zero-order valence-corrected chi connectivity index (χ0v) is 9.76. The Morgan fingerprint density at radius 3 is 2.47 bits per heavy atom. The lowest BCUT2D eigenvalue weighted by molar-refractivity contribution is 0.0989. The van der Waals surface area contributed by atoms with Crippen LogP contribution in [0.2, 0.25) is 0 Å². The predicted molar refractivity (Wildman–Crippen MR) is 66.6 cm³/mol. The number of ketones is 1. The van der Waals surface area contributed by atoms with Crippen molar-refractivity contribution in [3.8, 4) is 0 Å². The van der Waals surface area contributed by atoms with Crippen LogP contribution in [0.5, 0.6) is 0 Å². The van der Waals surface area contributed by atoms with Crippen LogP contribution in [-0.4, -0.2) is 23.0 Å². The summed E-state index contributed by atoms with van der Waals surface area (Å²) in [5, 5.41) is 0. The van der Waals surface area contributed by atoms with Crippen LogP contribution in [0.25, 0.3) is 0 Å². The zero-order chi connectivity index (χ0) is 10.5. The molecule has 2 rings (SSSR count). The van der Waals surface area contributed by atoms with E-state index in [0.29, 0.717) is 16.7 Å². The molecule has 0 aliphatic carbocycles. The van der Waals surface area contributed by atoms with Gasteiger partial charge in [0.15, 0.2) is 5.78 Å². The van der Waals surface area contributed by atoms with Crippen LogP contribution in [0.3, 0.4) is 0 Å². The van der Waals surface area contributed by atoms with Gasteiger partial charge in [-0.25, -0.2) is 0 Å². The van der Waals surface area contributed by atoms with E-state index in [4.69, 9.17) is 0 Å². The van der Waals surface area contributed by atoms with Gasteiger partial charge in [0.25, 0.3) is 0 Å². The molecular formula is C13H17OS+. The summed E-state index contributed by atoms with van der Waals surface area (Å²) in [6.07, 6.45) is 3.50. The fourth-order valence-electron chi connectivity index (χ4n) is 1.92. The highest BCUT2D eigenvalue weighted by atomic mass is 32.2. The largest absolute Gasteiger partial charge is 0.294 e. The Bertz CT molecular complexity index is 315. The van der Waals surface area contributed by atoms with Crippen molar-refractivity contribution >= 4 is 16.7 Å². The average Bonchev–Trinajstić information content (AvgIpc) is 2.80. The summed E-state index contributed by atoms with van der Waals surface area (Å²) in [5.74, 6) is 4.16. The Morgan fingerprint density at radius 2 is 1.80 bits per heavy atom. The van der Waals surface area contributed by atoms with E-state index in [2.05, 4.69) is 0 Å². The number of carbonyl (C=O) groups is 1. The molecule has 80 valence electrons. The summed E-state index contributed by atoms with van der Waals surface area (Å²) in [7, 11) is 0.558. The van der Waals surface area contributed by atoms with Gasteiger partial charge >= 0.3 is 0 Å². The lowest BCUT2D eigenvalue weighted by Crippen LogP contribution is -2.13. The zero-order valence-electron chi connectivity index (χ0n) is 8.95. The van der Waals surface area contributed by atoms with Gasteiger partial charge in [-0.15, -0.1) is 0 Å². The van der Waals surface area contributed by atoms with Crippen LogP contribution in [0.4, 0.5) is 0 Å². The third-order valence-corrected chi connectivity index (χ3v) is 5.34. The Balaban J connectivity index is 1.82. The van der Waals surface area contributed by atoms with Crippen molar-refractivity contribution < 1.29 is 4.79 Å². The highest BCUT2D eigenvalue weighted by Gasteiger charge is 2.24. The molecule has 1 aliphatic heterocycles. The molecule has 0 atom stereocenters. The topological polar surface area (TPSA) is 17.1 Å². The highest BCUT2D eigenvalue weighted by molar-refractivity contribution is 7.97. The van der Waals surface area contributed by atoms with E-state index < -0.39 is 0 Å². The van der Waals surface area contributed by atoms with Gasteiger partial charge in [-0.2, -0.15) is 0 Å². The van der Waals surface area contributed by atoms with Gasteiger partial charge in [0, 0.05) is 5.56 Å². The number of rotatable bonds is 4. The molecule has 1 aromatic carbocycles. The number of carbonyl (C=O) groups excluding carboxylic acids is 1. The third kappa shape index (κ3) is 3.10. The second-order valence-electron chi connectivity index (χ2n) is 3.97. The first-order chi connectivity index (χ1) is 7.36. The van der Waals surface area contributed by atoms with E-state index in [-0.39, 0.29) is 0 Å². The molecule has 0 bridgehead atoms. The molecule has 0 N–H and O–H groups in total. The van der Waals surface area contributed by atoms with Crippen molar-refractivity contribution in [2.45, 2.75) is 19.3 Å². The van der Waals surface area contributed by atoms with Crippen molar-refractivity contribution in [1.82, 2.24) is 0 Å². The van der Waals surface area contributed by atoms with Crippen LogP contribution in [0.1, 0.15) is 29.6 Å². The summed E-state index contributed by atoms with van der Waals surface area (Å²) in [6, 6.07) is 9.66. The molecule has 0 spiro atoms. The lowest BCUT2D eigenvalue weighted by Gasteiger charge is -2.01. The maximum atomic E-state index is 11.8. The molecule has 0 aromatic heterocycles. The molecule has 15 heavy (non-hydrogen) atoms. The molecule has 1 fully saturated rings. The van der Waals surface area contributed by atoms with Gasteiger partial charge in [0.05, 0.1) is 6.42 Å². The van der Waals surface area contributed by atoms with Crippen molar-refractivity contribution in [2.24, 2.45) is 0 Å². The Morgan fingerprint density at radius 1 is 1.13 bits per heavy atom. The highest BCUT2D eigenvalue weighted by Crippen LogP contribution is 2.15. The maximum Gasteiger partial charge on any atom is 0.167 e. The first-order valence-electron chi connectivity index (χ1n) is 5.58. The van der Waals surface area contributed by atoms with Crippen LogP contribution in [0, 0.1) is 0 Å². The van der Waals surface area contributed by atoms with E-state index in [9.17, 15) is 4.79 Å². The van der Waals surface area contributed by atoms with E-state index in [1.54, 1.807) is 0 Å². The SMILES string of the molecule is O=C(CC[S+]1CCCC1)c1ccccc1. The molecule has 1 saturated heterocycles. The fourth-order valence-corrected chi connectivity index (χ4v) is 4.24. The Labute approximate surface area is 94.2 Å². The molecule has 1 aliphatic rings. The summed E-state index contributed by atoms with van der Waals surface area (Å²) in [5.41, 5.74) is 0.875. The monoisotopic (exact) mass is 221 g/mol. The average molecular weight is 221 g/mol. The van der Waals surface area contributed by atoms with Crippen LogP contribution in [-0.2, 0) is 10.9 Å². The number of Topliss-reactive ketones (excluding diaryl/α,β-unsaturated/α-hetero) is 1. The van der Waals surface area contributed by atoms with Gasteiger partial charge in [-0.1, -0.05) is 30.3 Å². The van der Waals surface area contributed by atoms with E-state index in [0.717, 1.165) is 17.7 Å². The summed E-state index contributed by atoms with van der Waals surface area (Å²) in [6.45, 7) is 0. The summed E-state index contributed by atoms with van der Waals surface area (Å²) in [4.78, 5) is 11.8. The van der Waals surface area contributed by atoms with Crippen LogP contribution in [0.15, 0.2) is 30.3 Å². The van der Waals surface area contributed by atoms with Crippen LogP contribution < -0.4 is 0 Å². The van der Waals surface area contributed by atoms with Gasteiger partial charge in [-0.05, 0) is 23.7 Å². The minimum Gasteiger partial charge on any atom is -0.294 e. The smallest absolute Gasteiger partial charge is 0.167 e. The van der Waals surface area contributed by atoms with E-state index >= 15 is 0 Å². The van der Waals surface area contributed by atoms with Crippen LogP contribution >= 0.6 is 0 Å². The quantitative estimate of drug-likeness (QED) is 0.564. The van der Waals surface area contributed by atoms with Gasteiger partial charge in [-0.3, -0.25) is 4.79 Å². The van der Waals surface area contributed by atoms with Gasteiger partial charge in [0.1, 0.15) is 17.3 Å². The molecule has 1 aromatic rings. The minimum absolute atomic E-state index is 0.315. The first kappa shape index (κ1) is 10.7. The van der Waals surface area contributed by atoms with Crippen molar-refractivity contribution in [2.75, 3.05) is 17.3 Å². The van der Waals surface area contributed by atoms with E-state index in [1.807, 2.05) is 30.3 Å². The minimum atomic E-state index is 0.315. The van der Waals surface area contributed by atoms with Crippen molar-refractivity contribution in [3.63, 3.8) is 0 Å². The van der Waals surface area contributed by atoms with E-state index in [1.165, 1.54) is 24.3 Å².